The number of phenols is 1. The number of phenolic OH excluding ortho intramolecular Hbond substituents is 1. The van der Waals surface area contributed by atoms with Gasteiger partial charge in [-0.25, -0.2) is 4.79 Å². The number of carboxylic acids is 1. The van der Waals surface area contributed by atoms with E-state index in [0.717, 1.165) is 9.35 Å². The van der Waals surface area contributed by atoms with E-state index >= 15 is 0 Å². The van der Waals surface area contributed by atoms with Gasteiger partial charge in [0.1, 0.15) is 17.5 Å². The molecule has 0 aliphatic rings. The van der Waals surface area contributed by atoms with Crippen molar-refractivity contribution < 1.29 is 24.5 Å². The number of carboxylic acid groups (broad SMARTS) is 1. The highest BCUT2D eigenvalue weighted by Crippen LogP contribution is 2.21. The van der Waals surface area contributed by atoms with Gasteiger partial charge in [-0.05, 0) is 57.2 Å². The van der Waals surface area contributed by atoms with Gasteiger partial charge in [0.25, 0.3) is 5.91 Å². The second-order valence-corrected chi connectivity index (χ2v) is 6.99. The molecule has 23 heavy (non-hydrogen) atoms. The van der Waals surface area contributed by atoms with Crippen LogP contribution < -0.4 is 10.1 Å². The molecule has 0 aliphatic carbocycles. The van der Waals surface area contributed by atoms with Crippen LogP contribution in [-0.4, -0.2) is 34.7 Å². The van der Waals surface area contributed by atoms with Crippen molar-refractivity contribution in [3.05, 3.63) is 45.1 Å². The predicted molar refractivity (Wildman–Crippen MR) is 88.9 cm³/mol. The van der Waals surface area contributed by atoms with Gasteiger partial charge in [0.2, 0.25) is 0 Å². The van der Waals surface area contributed by atoms with Gasteiger partial charge in [-0.15, -0.1) is 11.3 Å². The first-order valence-electron chi connectivity index (χ1n) is 6.61. The second kappa shape index (κ2) is 7.98. The first kappa shape index (κ1) is 17.3. The van der Waals surface area contributed by atoms with Crippen LogP contribution in [0.15, 0.2) is 39.5 Å². The Labute approximate surface area is 144 Å². The smallest absolute Gasteiger partial charge is 0.326 e. The van der Waals surface area contributed by atoms with Crippen LogP contribution in [0.4, 0.5) is 0 Å². The zero-order valence-corrected chi connectivity index (χ0v) is 14.3. The minimum absolute atomic E-state index is 0.0923. The minimum Gasteiger partial charge on any atom is -0.508 e. The molecule has 6 nitrogen and oxygen atoms in total. The summed E-state index contributed by atoms with van der Waals surface area (Å²) in [5.74, 6) is -1.13. The first-order valence-corrected chi connectivity index (χ1v) is 8.28. The van der Waals surface area contributed by atoms with E-state index < -0.39 is 17.9 Å². The van der Waals surface area contributed by atoms with Crippen LogP contribution in [0.2, 0.25) is 0 Å². The highest BCUT2D eigenvalue weighted by Gasteiger charge is 2.21. The molecule has 1 aromatic heterocycles. The van der Waals surface area contributed by atoms with Crippen molar-refractivity contribution in [3.63, 3.8) is 0 Å². The molecular formula is C15H14BrNO5S. The molecule has 8 heteroatoms. The Kier molecular flexibility index (Phi) is 6.00. The summed E-state index contributed by atoms with van der Waals surface area (Å²) in [5, 5.41) is 22.6. The number of aromatic hydroxyl groups is 1. The van der Waals surface area contributed by atoms with Gasteiger partial charge in [-0.3, -0.25) is 4.79 Å². The van der Waals surface area contributed by atoms with Crippen LogP contribution >= 0.6 is 27.3 Å². The molecule has 2 rings (SSSR count). The number of thiophene rings is 1. The largest absolute Gasteiger partial charge is 0.508 e. The topological polar surface area (TPSA) is 95.9 Å². The Hall–Kier alpha value is -2.06. The molecular weight excluding hydrogens is 386 g/mol. The Morgan fingerprint density at radius 2 is 2.00 bits per heavy atom. The van der Waals surface area contributed by atoms with Crippen molar-refractivity contribution in [2.75, 3.05) is 6.61 Å². The average Bonchev–Trinajstić information content (AvgIpc) is 2.91. The van der Waals surface area contributed by atoms with Crippen LogP contribution in [0.1, 0.15) is 5.56 Å². The number of rotatable bonds is 7. The molecule has 1 unspecified atom stereocenters. The quantitative estimate of drug-likeness (QED) is 0.664. The van der Waals surface area contributed by atoms with E-state index in [9.17, 15) is 14.7 Å². The van der Waals surface area contributed by atoms with Crippen LogP contribution in [-0.2, 0) is 16.0 Å². The van der Waals surface area contributed by atoms with E-state index in [1.165, 1.54) is 35.6 Å². The molecule has 0 aliphatic heterocycles. The minimum atomic E-state index is -1.11. The molecule has 0 radical (unpaired) electrons. The summed E-state index contributed by atoms with van der Waals surface area (Å²) < 4.78 is 6.14. The number of carbonyl (C=O) groups excluding carboxylic acids is 1. The third-order valence-electron chi connectivity index (χ3n) is 2.90. The lowest BCUT2D eigenvalue weighted by molar-refractivity contribution is -0.142. The van der Waals surface area contributed by atoms with E-state index in [1.807, 2.05) is 11.4 Å². The Morgan fingerprint density at radius 1 is 1.30 bits per heavy atom. The van der Waals surface area contributed by atoms with Crippen molar-refractivity contribution >= 4 is 39.1 Å². The fourth-order valence-electron chi connectivity index (χ4n) is 1.82. The van der Waals surface area contributed by atoms with Gasteiger partial charge in [-0.1, -0.05) is 0 Å². The predicted octanol–water partition coefficient (Wildman–Crippen LogP) is 2.41. The third-order valence-corrected chi connectivity index (χ3v) is 4.45. The number of hydrogen-bond donors (Lipinski definition) is 3. The fraction of sp³-hybridized carbons (Fsp3) is 0.200. The third kappa shape index (κ3) is 5.57. The van der Waals surface area contributed by atoms with Gasteiger partial charge < -0.3 is 20.3 Å². The lowest BCUT2D eigenvalue weighted by Gasteiger charge is -2.14. The maximum absolute atomic E-state index is 11.8. The maximum atomic E-state index is 11.8. The number of carbonyl (C=O) groups is 2. The summed E-state index contributed by atoms with van der Waals surface area (Å²) in [4.78, 5) is 23.1. The molecule has 0 spiro atoms. The highest BCUT2D eigenvalue weighted by atomic mass is 79.9. The van der Waals surface area contributed by atoms with Crippen LogP contribution in [0.5, 0.6) is 11.5 Å². The van der Waals surface area contributed by atoms with Crippen molar-refractivity contribution in [2.45, 2.75) is 12.5 Å². The van der Waals surface area contributed by atoms with Crippen LogP contribution in [0, 0.1) is 0 Å². The molecule has 1 atom stereocenters. The summed E-state index contributed by atoms with van der Waals surface area (Å²) in [5.41, 5.74) is 0.828. The van der Waals surface area contributed by atoms with Crippen molar-refractivity contribution in [1.82, 2.24) is 5.32 Å². The Balaban J connectivity index is 1.87. The summed E-state index contributed by atoms with van der Waals surface area (Å²) in [6.07, 6.45) is 0.197. The number of halogens is 1. The van der Waals surface area contributed by atoms with Crippen molar-refractivity contribution in [3.8, 4) is 11.5 Å². The van der Waals surface area contributed by atoms with Crippen LogP contribution in [0.3, 0.4) is 0 Å². The molecule has 0 saturated heterocycles. The van der Waals surface area contributed by atoms with Gasteiger partial charge in [0.15, 0.2) is 6.61 Å². The second-order valence-electron chi connectivity index (χ2n) is 4.70. The molecule has 3 N–H and O–H groups in total. The highest BCUT2D eigenvalue weighted by molar-refractivity contribution is 9.11. The number of aliphatic carboxylic acids is 1. The molecule has 0 bridgehead atoms. The van der Waals surface area contributed by atoms with Gasteiger partial charge in [-0.2, -0.15) is 0 Å². The monoisotopic (exact) mass is 399 g/mol. The van der Waals surface area contributed by atoms with E-state index in [-0.39, 0.29) is 18.8 Å². The first-order chi connectivity index (χ1) is 10.9. The molecule has 0 saturated carbocycles. The molecule has 1 heterocycles. The molecule has 1 aromatic carbocycles. The SMILES string of the molecule is O=C(COc1ccc(O)cc1)NC(Cc1csc(Br)c1)C(=O)O. The summed E-state index contributed by atoms with van der Waals surface area (Å²) in [6.45, 7) is -0.304. The lowest BCUT2D eigenvalue weighted by Crippen LogP contribution is -2.44. The number of amides is 1. The van der Waals surface area contributed by atoms with Crippen molar-refractivity contribution in [2.24, 2.45) is 0 Å². The summed E-state index contributed by atoms with van der Waals surface area (Å²) in [7, 11) is 0. The van der Waals surface area contributed by atoms with Gasteiger partial charge in [0, 0.05) is 6.42 Å². The molecule has 0 fully saturated rings. The molecule has 1 amide bonds. The van der Waals surface area contributed by atoms with Gasteiger partial charge in [0.05, 0.1) is 3.79 Å². The zero-order chi connectivity index (χ0) is 16.8. The van der Waals surface area contributed by atoms with E-state index in [4.69, 9.17) is 9.84 Å². The molecule has 122 valence electrons. The normalized spacial score (nSPS) is 11.7. The number of nitrogens with one attached hydrogen (secondary N) is 1. The Bertz CT molecular complexity index is 685. The van der Waals surface area contributed by atoms with E-state index in [2.05, 4.69) is 21.2 Å². The number of ether oxygens (including phenoxy) is 1. The Morgan fingerprint density at radius 3 is 2.57 bits per heavy atom. The number of benzene rings is 1. The lowest BCUT2D eigenvalue weighted by atomic mass is 10.1. The average molecular weight is 400 g/mol. The number of hydrogen-bond acceptors (Lipinski definition) is 5. The maximum Gasteiger partial charge on any atom is 0.326 e. The zero-order valence-electron chi connectivity index (χ0n) is 11.9. The van der Waals surface area contributed by atoms with Crippen LogP contribution in [0.25, 0.3) is 0 Å². The van der Waals surface area contributed by atoms with E-state index in [1.54, 1.807) is 0 Å². The van der Waals surface area contributed by atoms with E-state index in [0.29, 0.717) is 5.75 Å². The summed E-state index contributed by atoms with van der Waals surface area (Å²) >= 11 is 4.76. The standard InChI is InChI=1S/C15H14BrNO5S/c16-13-6-9(8-23-13)5-12(15(20)21)17-14(19)7-22-11-3-1-10(18)2-4-11/h1-4,6,8,12,18H,5,7H2,(H,17,19)(H,20,21). The summed E-state index contributed by atoms with van der Waals surface area (Å²) in [6, 6.07) is 6.69. The fourth-order valence-corrected chi connectivity index (χ4v) is 3.04. The van der Waals surface area contributed by atoms with Crippen molar-refractivity contribution in [1.29, 1.82) is 0 Å². The van der Waals surface area contributed by atoms with Gasteiger partial charge >= 0.3 is 5.97 Å². The molecule has 2 aromatic rings.